The largest absolute Gasteiger partial charge is 0.317 e. The van der Waals surface area contributed by atoms with Crippen LogP contribution in [-0.2, 0) is 8.26 Å². The Morgan fingerprint density at radius 3 is 1.17 bits per heavy atom. The van der Waals surface area contributed by atoms with Crippen LogP contribution in [0.25, 0.3) is 0 Å². The second-order valence-electron chi connectivity index (χ2n) is 0.378. The predicted molar refractivity (Wildman–Crippen MR) is 26.4 cm³/mol. The zero-order valence-electron chi connectivity index (χ0n) is 2.98. The van der Waals surface area contributed by atoms with Crippen LogP contribution in [0.15, 0.2) is 0 Å². The first-order chi connectivity index (χ1) is 2.00. The fraction of sp³-hybridized carbons (Fsp3) is 0. The van der Waals surface area contributed by atoms with E-state index in [0.717, 1.165) is 0 Å². The van der Waals surface area contributed by atoms with Gasteiger partial charge in [-0.1, -0.05) is 0 Å². The predicted octanol–water partition coefficient (Wildman–Crippen LogP) is 0.328. The SMILES string of the molecule is O=S(=O)(Cl)Cl.[K]. The Morgan fingerprint density at radius 2 is 1.17 bits per heavy atom. The summed E-state index contributed by atoms with van der Waals surface area (Å²) >= 11 is 0. The zero-order valence-corrected chi connectivity index (χ0v) is 8.43. The van der Waals surface area contributed by atoms with E-state index in [1.165, 1.54) is 0 Å². The maximum absolute atomic E-state index is 9.16. The summed E-state index contributed by atoms with van der Waals surface area (Å²) in [5, 5.41) is 0. The Balaban J connectivity index is 0. The van der Waals surface area contributed by atoms with E-state index >= 15 is 0 Å². The third-order valence-electron chi connectivity index (χ3n) is 0. The van der Waals surface area contributed by atoms with Crippen LogP contribution in [0.4, 0.5) is 0 Å². The molecule has 0 aromatic rings. The molecular weight excluding hydrogens is 174 g/mol. The summed E-state index contributed by atoms with van der Waals surface area (Å²) in [6.07, 6.45) is 0. The van der Waals surface area contributed by atoms with Gasteiger partial charge in [-0.25, -0.2) is 0 Å². The quantitative estimate of drug-likeness (QED) is 0.391. The van der Waals surface area contributed by atoms with Crippen molar-refractivity contribution in [2.75, 3.05) is 0 Å². The molecule has 0 N–H and O–H groups in total. The Bertz CT molecular complexity index is 94.7. The van der Waals surface area contributed by atoms with Gasteiger partial charge in [-0.05, 0) is 0 Å². The van der Waals surface area contributed by atoms with Gasteiger partial charge in [0, 0.05) is 72.7 Å². The smallest absolute Gasteiger partial charge is 0.195 e. The van der Waals surface area contributed by atoms with Crippen LogP contribution in [0.3, 0.4) is 0 Å². The third-order valence-corrected chi connectivity index (χ3v) is 0. The Labute approximate surface area is 87.5 Å². The van der Waals surface area contributed by atoms with Gasteiger partial charge in [0.05, 0.1) is 0 Å². The summed E-state index contributed by atoms with van der Waals surface area (Å²) in [6, 6.07) is 0. The molecule has 0 saturated heterocycles. The Hall–Kier alpha value is 2.17. The van der Waals surface area contributed by atoms with E-state index in [1.54, 1.807) is 0 Å². The summed E-state index contributed by atoms with van der Waals surface area (Å²) in [6.45, 7) is 0. The van der Waals surface area contributed by atoms with E-state index in [4.69, 9.17) is 8.42 Å². The standard InChI is InChI=1S/Cl2O2S.K/c1-5(2,3)4;. The molecule has 0 aliphatic heterocycles. The molecule has 2 nitrogen and oxygen atoms in total. The topological polar surface area (TPSA) is 34.1 Å². The van der Waals surface area contributed by atoms with Crippen molar-refractivity contribution in [1.29, 1.82) is 0 Å². The first kappa shape index (κ1) is 11.0. The monoisotopic (exact) mass is 173 g/mol. The van der Waals surface area contributed by atoms with Crippen molar-refractivity contribution in [3.8, 4) is 0 Å². The number of hydrogen-bond acceptors (Lipinski definition) is 2. The molecule has 0 aromatic carbocycles. The van der Waals surface area contributed by atoms with Crippen LogP contribution >= 0.6 is 21.4 Å². The molecule has 0 fully saturated rings. The summed E-state index contributed by atoms with van der Waals surface area (Å²) in [4.78, 5) is 0. The molecule has 0 unspecified atom stereocenters. The molecule has 6 heavy (non-hydrogen) atoms. The molecule has 0 spiro atoms. The normalized spacial score (nSPS) is 9.67. The molecule has 0 aromatic heterocycles. The Morgan fingerprint density at radius 1 is 1.17 bits per heavy atom. The van der Waals surface area contributed by atoms with Crippen LogP contribution < -0.4 is 0 Å². The molecule has 0 amide bonds. The molecule has 0 heterocycles. The van der Waals surface area contributed by atoms with Crippen molar-refractivity contribution in [3.63, 3.8) is 0 Å². The second-order valence-corrected chi connectivity index (χ2v) is 4.05. The fourth-order valence-corrected chi connectivity index (χ4v) is 0. The van der Waals surface area contributed by atoms with Gasteiger partial charge in [0.25, 0.3) is 0 Å². The molecule has 0 saturated carbocycles. The van der Waals surface area contributed by atoms with Crippen molar-refractivity contribution < 1.29 is 8.42 Å². The molecule has 0 bridgehead atoms. The van der Waals surface area contributed by atoms with Crippen LogP contribution in [0, 0.1) is 0 Å². The summed E-state index contributed by atoms with van der Waals surface area (Å²) in [5.41, 5.74) is 0. The maximum Gasteiger partial charge on any atom is 0.317 e. The average molecular weight is 174 g/mol. The van der Waals surface area contributed by atoms with Crippen molar-refractivity contribution in [2.45, 2.75) is 0 Å². The van der Waals surface area contributed by atoms with Gasteiger partial charge in [-0.3, -0.25) is 0 Å². The molecular formula is Cl2KO2S. The summed E-state index contributed by atoms with van der Waals surface area (Å²) < 4.78 is 18.3. The van der Waals surface area contributed by atoms with Gasteiger partial charge >= 0.3 is 8.26 Å². The van der Waals surface area contributed by atoms with E-state index in [-0.39, 0.29) is 51.4 Å². The second kappa shape index (κ2) is 4.09. The van der Waals surface area contributed by atoms with Gasteiger partial charge in [-0.2, -0.15) is 8.42 Å². The van der Waals surface area contributed by atoms with Crippen molar-refractivity contribution in [1.82, 2.24) is 0 Å². The van der Waals surface area contributed by atoms with Gasteiger partial charge in [0.1, 0.15) is 0 Å². The van der Waals surface area contributed by atoms with Gasteiger partial charge in [0.2, 0.25) is 0 Å². The van der Waals surface area contributed by atoms with Crippen LogP contribution in [-0.4, -0.2) is 59.8 Å². The van der Waals surface area contributed by atoms with Gasteiger partial charge in [-0.15, -0.1) is 0 Å². The average Bonchev–Trinajstić information content (AvgIpc) is 0.722. The number of hydrogen-bond donors (Lipinski definition) is 0. The fourth-order valence-electron chi connectivity index (χ4n) is 0. The molecule has 0 aliphatic rings. The van der Waals surface area contributed by atoms with E-state index in [9.17, 15) is 0 Å². The first-order valence-electron chi connectivity index (χ1n) is 0.642. The van der Waals surface area contributed by atoms with Crippen molar-refractivity contribution in [3.05, 3.63) is 0 Å². The van der Waals surface area contributed by atoms with Crippen molar-refractivity contribution in [2.24, 2.45) is 0 Å². The van der Waals surface area contributed by atoms with E-state index in [1.807, 2.05) is 0 Å². The molecule has 0 aliphatic carbocycles. The van der Waals surface area contributed by atoms with Crippen LogP contribution in [0.1, 0.15) is 0 Å². The van der Waals surface area contributed by atoms with Gasteiger partial charge < -0.3 is 0 Å². The van der Waals surface area contributed by atoms with E-state index in [0.29, 0.717) is 0 Å². The summed E-state index contributed by atoms with van der Waals surface area (Å²) in [5.74, 6) is 0. The van der Waals surface area contributed by atoms with Crippen molar-refractivity contribution >= 4 is 81.0 Å². The maximum atomic E-state index is 9.16. The van der Waals surface area contributed by atoms with Crippen LogP contribution in [0.2, 0.25) is 0 Å². The molecule has 0 rings (SSSR count). The van der Waals surface area contributed by atoms with E-state index in [2.05, 4.69) is 21.4 Å². The molecule has 0 atom stereocenters. The molecule has 33 valence electrons. The van der Waals surface area contributed by atoms with Gasteiger partial charge in [0.15, 0.2) is 0 Å². The number of halogens is 2. The Kier molecular flexibility index (Phi) is 7.51. The molecule has 6 heteroatoms. The zero-order chi connectivity index (χ0) is 4.50. The van der Waals surface area contributed by atoms with Crippen LogP contribution in [0.5, 0.6) is 0 Å². The minimum Gasteiger partial charge on any atom is -0.195 e. The minimum atomic E-state index is -3.72. The van der Waals surface area contributed by atoms with E-state index < -0.39 is 8.26 Å². The minimum absolute atomic E-state index is 0. The first-order valence-corrected chi connectivity index (χ1v) is 3.78. The molecule has 1 radical (unpaired) electrons. The third kappa shape index (κ3) is 35.1. The summed E-state index contributed by atoms with van der Waals surface area (Å²) in [7, 11) is 4.81. The number of rotatable bonds is 0.